The highest BCUT2D eigenvalue weighted by Crippen LogP contribution is 2.30. The fraction of sp³-hybridized carbons (Fsp3) is 0.714. The van der Waals surface area contributed by atoms with Gasteiger partial charge in [0.1, 0.15) is 0 Å². The monoisotopic (exact) mass is 284 g/mol. The van der Waals surface area contributed by atoms with E-state index in [0.717, 1.165) is 31.8 Å². The molecule has 0 aromatic heterocycles. The number of carboxylic acids is 1. The van der Waals surface area contributed by atoms with Crippen molar-refractivity contribution in [2.75, 3.05) is 6.23 Å². The Morgan fingerprint density at radius 2 is 1.79 bits per heavy atom. The van der Waals surface area contributed by atoms with Crippen LogP contribution in [0.15, 0.2) is 11.6 Å². The zero-order valence-corrected chi connectivity index (χ0v) is 13.1. The molecule has 0 heterocycles. The third kappa shape index (κ3) is 6.05. The van der Waals surface area contributed by atoms with Crippen molar-refractivity contribution in [1.29, 1.82) is 0 Å². The quantitative estimate of drug-likeness (QED) is 0.479. The summed E-state index contributed by atoms with van der Waals surface area (Å²) in [6.45, 7) is 6.34. The summed E-state index contributed by atoms with van der Waals surface area (Å²) in [5.41, 5.74) is 0.352. The summed E-state index contributed by atoms with van der Waals surface area (Å²) >= 11 is 0. The molecule has 5 heteroatoms. The van der Waals surface area contributed by atoms with E-state index in [-0.39, 0.29) is 5.92 Å². The van der Waals surface area contributed by atoms with Gasteiger partial charge in [-0.25, -0.2) is 9.59 Å². The second-order valence-corrected chi connectivity index (χ2v) is 11.8. The Hall–Kier alpha value is -1.10. The number of ether oxygens (including phenoxy) is 1. The molecule has 1 N–H and O–H groups in total. The molecule has 108 valence electrons. The fourth-order valence-electron chi connectivity index (χ4n) is 2.26. The minimum atomic E-state index is -1.47. The van der Waals surface area contributed by atoms with E-state index < -0.39 is 20.0 Å². The number of aliphatic carboxylic acids is 1. The molecule has 0 amide bonds. The van der Waals surface area contributed by atoms with Gasteiger partial charge in [0.05, 0.1) is 14.3 Å². The SMILES string of the molecule is C[Si](C)(C)COC(=O)C(=CC(=O)O)C1CCCCC1. The summed E-state index contributed by atoms with van der Waals surface area (Å²) in [6.07, 6.45) is 6.55. The molecule has 0 atom stereocenters. The summed E-state index contributed by atoms with van der Waals surface area (Å²) in [6, 6.07) is 0. The van der Waals surface area contributed by atoms with Crippen LogP contribution in [0.25, 0.3) is 0 Å². The Kier molecular flexibility index (Phi) is 5.78. The van der Waals surface area contributed by atoms with E-state index in [1.54, 1.807) is 0 Å². The van der Waals surface area contributed by atoms with Crippen molar-refractivity contribution in [1.82, 2.24) is 0 Å². The standard InChI is InChI=1S/C14H24O4Si/c1-19(2,3)10-18-14(17)12(9-13(15)16)11-7-5-4-6-8-11/h9,11H,4-8,10H2,1-3H3,(H,15,16). The second-order valence-electron chi connectivity index (χ2n) is 6.41. The van der Waals surface area contributed by atoms with Crippen LogP contribution < -0.4 is 0 Å². The predicted molar refractivity (Wildman–Crippen MR) is 76.6 cm³/mol. The first kappa shape index (κ1) is 16.0. The first-order valence-corrected chi connectivity index (χ1v) is 10.6. The van der Waals surface area contributed by atoms with Crippen LogP contribution in [0.1, 0.15) is 32.1 Å². The van der Waals surface area contributed by atoms with Gasteiger partial charge in [-0.05, 0) is 18.8 Å². The Morgan fingerprint density at radius 1 is 1.21 bits per heavy atom. The van der Waals surface area contributed by atoms with Crippen LogP contribution in [0.4, 0.5) is 0 Å². The first-order valence-electron chi connectivity index (χ1n) is 6.91. The maximum Gasteiger partial charge on any atom is 0.334 e. The Bertz CT molecular complexity index is 362. The van der Waals surface area contributed by atoms with Crippen molar-refractivity contribution >= 4 is 20.0 Å². The largest absolute Gasteiger partial charge is 0.478 e. The van der Waals surface area contributed by atoms with Crippen molar-refractivity contribution in [3.8, 4) is 0 Å². The van der Waals surface area contributed by atoms with Gasteiger partial charge in [0.15, 0.2) is 0 Å². The molecule has 0 aliphatic heterocycles. The Balaban J connectivity index is 2.73. The van der Waals surface area contributed by atoms with E-state index in [0.29, 0.717) is 11.8 Å². The van der Waals surface area contributed by atoms with E-state index in [2.05, 4.69) is 19.6 Å². The summed E-state index contributed by atoms with van der Waals surface area (Å²) < 4.78 is 5.31. The maximum atomic E-state index is 12.1. The molecule has 0 spiro atoms. The number of hydrogen-bond acceptors (Lipinski definition) is 3. The lowest BCUT2D eigenvalue weighted by Gasteiger charge is -2.24. The summed E-state index contributed by atoms with van der Waals surface area (Å²) in [5.74, 6) is -1.44. The minimum absolute atomic E-state index is 0.0546. The number of carbonyl (C=O) groups excluding carboxylic acids is 1. The molecule has 0 aromatic carbocycles. The molecule has 0 radical (unpaired) electrons. The number of rotatable bonds is 5. The van der Waals surface area contributed by atoms with Crippen molar-refractivity contribution in [3.05, 3.63) is 11.6 Å². The van der Waals surface area contributed by atoms with Crippen LogP contribution >= 0.6 is 0 Å². The summed E-state index contributed by atoms with van der Waals surface area (Å²) in [7, 11) is -1.47. The van der Waals surface area contributed by atoms with Crippen molar-refractivity contribution in [2.24, 2.45) is 5.92 Å². The molecule has 0 bridgehead atoms. The zero-order chi connectivity index (χ0) is 14.5. The highest BCUT2D eigenvalue weighted by atomic mass is 28.3. The highest BCUT2D eigenvalue weighted by Gasteiger charge is 2.26. The maximum absolute atomic E-state index is 12.1. The van der Waals surface area contributed by atoms with Crippen LogP contribution in [0.5, 0.6) is 0 Å². The lowest BCUT2D eigenvalue weighted by atomic mass is 9.83. The topological polar surface area (TPSA) is 63.6 Å². The number of esters is 1. The molecule has 1 rings (SSSR count). The van der Waals surface area contributed by atoms with Gasteiger partial charge in [-0.15, -0.1) is 0 Å². The molecular weight excluding hydrogens is 260 g/mol. The molecule has 0 saturated heterocycles. The second kappa shape index (κ2) is 6.89. The van der Waals surface area contributed by atoms with Crippen LogP contribution in [-0.4, -0.2) is 31.3 Å². The van der Waals surface area contributed by atoms with E-state index in [1.165, 1.54) is 6.42 Å². The van der Waals surface area contributed by atoms with E-state index in [1.807, 2.05) is 0 Å². The highest BCUT2D eigenvalue weighted by molar-refractivity contribution is 6.76. The molecule has 4 nitrogen and oxygen atoms in total. The first-order chi connectivity index (χ1) is 8.79. The van der Waals surface area contributed by atoms with E-state index >= 15 is 0 Å². The molecule has 1 aliphatic rings. The van der Waals surface area contributed by atoms with Gasteiger partial charge in [-0.2, -0.15) is 0 Å². The van der Waals surface area contributed by atoms with Gasteiger partial charge in [-0.3, -0.25) is 0 Å². The molecule has 1 fully saturated rings. The van der Waals surface area contributed by atoms with E-state index in [9.17, 15) is 9.59 Å². The van der Waals surface area contributed by atoms with Crippen LogP contribution in [-0.2, 0) is 14.3 Å². The van der Waals surface area contributed by atoms with Gasteiger partial charge in [0, 0.05) is 11.6 Å². The number of carboxylic acid groups (broad SMARTS) is 1. The average molecular weight is 284 g/mol. The van der Waals surface area contributed by atoms with Crippen molar-refractivity contribution in [2.45, 2.75) is 51.7 Å². The van der Waals surface area contributed by atoms with Gasteiger partial charge in [0.25, 0.3) is 0 Å². The molecule has 0 aromatic rings. The summed E-state index contributed by atoms with van der Waals surface area (Å²) in [4.78, 5) is 23.0. The third-order valence-electron chi connectivity index (χ3n) is 3.20. The predicted octanol–water partition coefficient (Wildman–Crippen LogP) is 3.00. The molecule has 0 unspecified atom stereocenters. The normalized spacial score (nSPS) is 18.2. The average Bonchev–Trinajstić information content (AvgIpc) is 2.33. The van der Waals surface area contributed by atoms with Gasteiger partial charge in [0.2, 0.25) is 0 Å². The fourth-order valence-corrected chi connectivity index (χ4v) is 2.82. The van der Waals surface area contributed by atoms with Gasteiger partial charge >= 0.3 is 11.9 Å². The molecule has 1 aliphatic carbocycles. The van der Waals surface area contributed by atoms with Crippen molar-refractivity contribution in [3.63, 3.8) is 0 Å². The lowest BCUT2D eigenvalue weighted by Crippen LogP contribution is -2.31. The van der Waals surface area contributed by atoms with Gasteiger partial charge in [-0.1, -0.05) is 38.9 Å². The van der Waals surface area contributed by atoms with Gasteiger partial charge < -0.3 is 9.84 Å². The van der Waals surface area contributed by atoms with E-state index in [4.69, 9.17) is 9.84 Å². The van der Waals surface area contributed by atoms with Crippen LogP contribution in [0, 0.1) is 5.92 Å². The molecule has 19 heavy (non-hydrogen) atoms. The minimum Gasteiger partial charge on any atom is -0.478 e. The Labute approximate surface area is 115 Å². The third-order valence-corrected chi connectivity index (χ3v) is 4.21. The molecular formula is C14H24O4Si. The molecule has 1 saturated carbocycles. The number of carbonyl (C=O) groups is 2. The Morgan fingerprint density at radius 3 is 2.26 bits per heavy atom. The van der Waals surface area contributed by atoms with Crippen LogP contribution in [0.3, 0.4) is 0 Å². The smallest absolute Gasteiger partial charge is 0.334 e. The lowest BCUT2D eigenvalue weighted by molar-refractivity contribution is -0.139. The number of hydrogen-bond donors (Lipinski definition) is 1. The van der Waals surface area contributed by atoms with Crippen molar-refractivity contribution < 1.29 is 19.4 Å². The van der Waals surface area contributed by atoms with Crippen LogP contribution in [0.2, 0.25) is 19.6 Å². The summed E-state index contributed by atoms with van der Waals surface area (Å²) in [5, 5.41) is 8.92. The zero-order valence-electron chi connectivity index (χ0n) is 12.1.